The molecule has 4 heteroatoms. The largest absolute Gasteiger partial charge is 0.339 e. The quantitative estimate of drug-likeness (QED) is 0.854. The maximum absolute atomic E-state index is 5.25. The van der Waals surface area contributed by atoms with Crippen molar-refractivity contribution in [3.05, 3.63) is 11.7 Å². The lowest BCUT2D eigenvalue weighted by Gasteiger charge is -2.23. The molecule has 0 aliphatic heterocycles. The van der Waals surface area contributed by atoms with Crippen LogP contribution < -0.4 is 5.32 Å². The van der Waals surface area contributed by atoms with Crippen molar-refractivity contribution in [3.8, 4) is 0 Å². The molecule has 1 N–H and O–H groups in total. The van der Waals surface area contributed by atoms with Crippen molar-refractivity contribution < 1.29 is 4.52 Å². The average molecular weight is 237 g/mol. The van der Waals surface area contributed by atoms with Gasteiger partial charge in [0.05, 0.1) is 0 Å². The topological polar surface area (TPSA) is 51.0 Å². The van der Waals surface area contributed by atoms with Crippen LogP contribution in [-0.4, -0.2) is 22.2 Å². The Balaban J connectivity index is 1.73. The molecule has 1 aliphatic carbocycles. The predicted octanol–water partition coefficient (Wildman–Crippen LogP) is 2.34. The lowest BCUT2D eigenvalue weighted by atomic mass is 9.83. The molecular weight excluding hydrogens is 214 g/mol. The molecule has 0 aromatic carbocycles. The Morgan fingerprint density at radius 1 is 1.35 bits per heavy atom. The van der Waals surface area contributed by atoms with Crippen LogP contribution in [0, 0.1) is 5.92 Å². The first kappa shape index (κ1) is 12.6. The van der Waals surface area contributed by atoms with E-state index < -0.39 is 0 Å². The molecule has 17 heavy (non-hydrogen) atoms. The summed E-state index contributed by atoms with van der Waals surface area (Å²) in [5.74, 6) is 2.45. The van der Waals surface area contributed by atoms with Crippen LogP contribution in [0.2, 0.25) is 0 Å². The summed E-state index contributed by atoms with van der Waals surface area (Å²) >= 11 is 0. The van der Waals surface area contributed by atoms with E-state index in [1.165, 1.54) is 19.3 Å². The van der Waals surface area contributed by atoms with E-state index in [1.807, 2.05) is 0 Å². The van der Waals surface area contributed by atoms with E-state index in [-0.39, 0.29) is 5.54 Å². The first-order valence-corrected chi connectivity index (χ1v) is 6.59. The molecule has 0 atom stereocenters. The average Bonchev–Trinajstić information content (AvgIpc) is 2.57. The fourth-order valence-electron chi connectivity index (χ4n) is 1.97. The summed E-state index contributed by atoms with van der Waals surface area (Å²) < 4.78 is 5.25. The third-order valence-corrected chi connectivity index (χ3v) is 3.20. The van der Waals surface area contributed by atoms with Crippen LogP contribution in [0.4, 0.5) is 0 Å². The molecular formula is C13H23N3O. The fourth-order valence-corrected chi connectivity index (χ4v) is 1.97. The van der Waals surface area contributed by atoms with Gasteiger partial charge in [-0.1, -0.05) is 24.4 Å². The van der Waals surface area contributed by atoms with Gasteiger partial charge in [0.25, 0.3) is 0 Å². The standard InChI is InChI=1S/C13H23N3O/c1-13(2,3)14-8-7-12-15-11(16-17-12)9-10-5-4-6-10/h10,14H,4-9H2,1-3H3. The molecule has 1 fully saturated rings. The van der Waals surface area contributed by atoms with Crippen LogP contribution in [0.3, 0.4) is 0 Å². The van der Waals surface area contributed by atoms with Crippen molar-refractivity contribution in [3.63, 3.8) is 0 Å². The van der Waals surface area contributed by atoms with Crippen LogP contribution >= 0.6 is 0 Å². The monoisotopic (exact) mass is 237 g/mol. The number of nitrogens with zero attached hydrogens (tertiary/aromatic N) is 2. The highest BCUT2D eigenvalue weighted by Gasteiger charge is 2.20. The first-order chi connectivity index (χ1) is 8.03. The molecule has 1 aromatic heterocycles. The van der Waals surface area contributed by atoms with Crippen molar-refractivity contribution in [1.82, 2.24) is 15.5 Å². The molecule has 1 heterocycles. The Bertz CT molecular complexity index is 350. The van der Waals surface area contributed by atoms with Gasteiger partial charge in [-0.3, -0.25) is 0 Å². The maximum Gasteiger partial charge on any atom is 0.227 e. The predicted molar refractivity (Wildman–Crippen MR) is 66.8 cm³/mol. The molecule has 0 unspecified atom stereocenters. The fraction of sp³-hybridized carbons (Fsp3) is 0.846. The van der Waals surface area contributed by atoms with Gasteiger partial charge in [0, 0.05) is 24.9 Å². The second-order valence-corrected chi connectivity index (χ2v) is 6.03. The van der Waals surface area contributed by atoms with Crippen molar-refractivity contribution >= 4 is 0 Å². The highest BCUT2D eigenvalue weighted by molar-refractivity contribution is 4.91. The van der Waals surface area contributed by atoms with E-state index in [4.69, 9.17) is 4.52 Å². The normalized spacial score (nSPS) is 17.1. The van der Waals surface area contributed by atoms with Crippen molar-refractivity contribution in [2.45, 2.75) is 58.4 Å². The molecule has 0 bridgehead atoms. The SMILES string of the molecule is CC(C)(C)NCCc1nc(CC2CCC2)no1. The lowest BCUT2D eigenvalue weighted by Crippen LogP contribution is -2.37. The van der Waals surface area contributed by atoms with E-state index in [0.29, 0.717) is 0 Å². The summed E-state index contributed by atoms with van der Waals surface area (Å²) in [6, 6.07) is 0. The van der Waals surface area contributed by atoms with Gasteiger partial charge < -0.3 is 9.84 Å². The summed E-state index contributed by atoms with van der Waals surface area (Å²) in [5.41, 5.74) is 0.148. The number of nitrogens with one attached hydrogen (secondary N) is 1. The number of hydrogen-bond acceptors (Lipinski definition) is 4. The molecule has 2 rings (SSSR count). The maximum atomic E-state index is 5.25. The van der Waals surface area contributed by atoms with Crippen LogP contribution in [0.15, 0.2) is 4.52 Å². The van der Waals surface area contributed by atoms with E-state index >= 15 is 0 Å². The second kappa shape index (κ2) is 5.17. The van der Waals surface area contributed by atoms with Crippen LogP contribution in [0.1, 0.15) is 51.7 Å². The minimum atomic E-state index is 0.148. The Kier molecular flexibility index (Phi) is 3.82. The van der Waals surface area contributed by atoms with Crippen molar-refractivity contribution in [2.24, 2.45) is 5.92 Å². The molecule has 1 saturated carbocycles. The van der Waals surface area contributed by atoms with Crippen LogP contribution in [0.5, 0.6) is 0 Å². The van der Waals surface area contributed by atoms with Crippen LogP contribution in [-0.2, 0) is 12.8 Å². The zero-order valence-corrected chi connectivity index (χ0v) is 11.1. The van der Waals surface area contributed by atoms with Gasteiger partial charge in [0.1, 0.15) is 0 Å². The summed E-state index contributed by atoms with van der Waals surface area (Å²) in [6.45, 7) is 7.35. The molecule has 0 spiro atoms. The summed E-state index contributed by atoms with van der Waals surface area (Å²) in [5, 5.41) is 7.45. The molecule has 0 radical (unpaired) electrons. The van der Waals surface area contributed by atoms with Gasteiger partial charge in [0.2, 0.25) is 5.89 Å². The first-order valence-electron chi connectivity index (χ1n) is 6.59. The van der Waals surface area contributed by atoms with Gasteiger partial charge in [-0.15, -0.1) is 0 Å². The third-order valence-electron chi connectivity index (χ3n) is 3.20. The molecule has 0 saturated heterocycles. The minimum Gasteiger partial charge on any atom is -0.339 e. The smallest absolute Gasteiger partial charge is 0.227 e. The van der Waals surface area contributed by atoms with E-state index in [1.54, 1.807) is 0 Å². The van der Waals surface area contributed by atoms with Crippen molar-refractivity contribution in [1.29, 1.82) is 0 Å². The molecule has 96 valence electrons. The van der Waals surface area contributed by atoms with E-state index in [9.17, 15) is 0 Å². The Hall–Kier alpha value is -0.900. The molecule has 1 aliphatic rings. The zero-order chi connectivity index (χ0) is 12.3. The van der Waals surface area contributed by atoms with Crippen molar-refractivity contribution in [2.75, 3.05) is 6.54 Å². The summed E-state index contributed by atoms with van der Waals surface area (Å²) in [7, 11) is 0. The molecule has 1 aromatic rings. The Morgan fingerprint density at radius 2 is 2.12 bits per heavy atom. The van der Waals surface area contributed by atoms with Crippen LogP contribution in [0.25, 0.3) is 0 Å². The van der Waals surface area contributed by atoms with Gasteiger partial charge in [-0.25, -0.2) is 0 Å². The second-order valence-electron chi connectivity index (χ2n) is 6.03. The van der Waals surface area contributed by atoms with E-state index in [0.717, 1.165) is 37.0 Å². The Labute approximate surface area is 103 Å². The highest BCUT2D eigenvalue weighted by atomic mass is 16.5. The molecule has 0 amide bonds. The number of aromatic nitrogens is 2. The summed E-state index contributed by atoms with van der Waals surface area (Å²) in [6.07, 6.45) is 5.83. The summed E-state index contributed by atoms with van der Waals surface area (Å²) in [4.78, 5) is 4.43. The minimum absolute atomic E-state index is 0.148. The third kappa shape index (κ3) is 4.11. The number of rotatable bonds is 5. The Morgan fingerprint density at radius 3 is 2.71 bits per heavy atom. The van der Waals surface area contributed by atoms with Gasteiger partial charge in [-0.2, -0.15) is 4.98 Å². The van der Waals surface area contributed by atoms with E-state index in [2.05, 4.69) is 36.2 Å². The lowest BCUT2D eigenvalue weighted by molar-refractivity contribution is 0.302. The van der Waals surface area contributed by atoms with Gasteiger partial charge in [0.15, 0.2) is 5.82 Å². The highest BCUT2D eigenvalue weighted by Crippen LogP contribution is 2.28. The molecule has 4 nitrogen and oxygen atoms in total. The zero-order valence-electron chi connectivity index (χ0n) is 11.1. The van der Waals surface area contributed by atoms with Gasteiger partial charge >= 0.3 is 0 Å². The van der Waals surface area contributed by atoms with Gasteiger partial charge in [-0.05, 0) is 26.7 Å². The number of hydrogen-bond donors (Lipinski definition) is 1.